The number of H-pyrrole nitrogens is 1. The highest BCUT2D eigenvalue weighted by Crippen LogP contribution is 2.36. The van der Waals surface area contributed by atoms with E-state index in [1.807, 2.05) is 6.07 Å². The van der Waals surface area contributed by atoms with E-state index < -0.39 is 5.60 Å². The van der Waals surface area contributed by atoms with Crippen LogP contribution in [-0.2, 0) is 21.6 Å². The Morgan fingerprint density at radius 1 is 1.40 bits per heavy atom. The molecule has 0 aliphatic carbocycles. The number of ether oxygens (including phenoxy) is 1. The number of hydrogen-bond acceptors (Lipinski definition) is 3. The Kier molecular flexibility index (Phi) is 5.45. The number of carbonyl (C=O) groups excluding carboxylic acids is 1. The van der Waals surface area contributed by atoms with Gasteiger partial charge in [-0.05, 0) is 38.3 Å². The smallest absolute Gasteiger partial charge is 0.221 e. The molecule has 136 valence electrons. The van der Waals surface area contributed by atoms with Crippen LogP contribution in [0.25, 0.3) is 10.9 Å². The Hall–Kier alpha value is -1.85. The second-order valence-corrected chi connectivity index (χ2v) is 7.14. The van der Waals surface area contributed by atoms with E-state index >= 15 is 0 Å². The minimum atomic E-state index is -0.508. The summed E-state index contributed by atoms with van der Waals surface area (Å²) in [5.74, 6) is 0.0591. The second-order valence-electron chi connectivity index (χ2n) is 7.14. The summed E-state index contributed by atoms with van der Waals surface area (Å²) in [5.41, 5.74) is 3.04. The highest BCUT2D eigenvalue weighted by Gasteiger charge is 2.36. The van der Waals surface area contributed by atoms with Gasteiger partial charge in [0, 0.05) is 29.9 Å². The zero-order valence-corrected chi connectivity index (χ0v) is 15.4. The Labute approximate surface area is 149 Å². The molecule has 0 spiro atoms. The topological polar surface area (TPSA) is 66.2 Å². The predicted octanol–water partition coefficient (Wildman–Crippen LogP) is 2.85. The maximum Gasteiger partial charge on any atom is 0.221 e. The third-order valence-electron chi connectivity index (χ3n) is 5.20. The molecule has 5 nitrogen and oxygen atoms in total. The molecule has 1 aliphatic rings. The maximum atomic E-state index is 12.2. The summed E-state index contributed by atoms with van der Waals surface area (Å²) in [6.45, 7) is 8.18. The summed E-state index contributed by atoms with van der Waals surface area (Å²) >= 11 is 0. The number of benzene rings is 1. The fraction of sp³-hybridized carbons (Fsp3) is 0.550. The molecule has 0 saturated carbocycles. The normalized spacial score (nSPS) is 21.1. The molecular formula is C20H29N3O2. The molecule has 5 heteroatoms. The lowest BCUT2D eigenvalue weighted by molar-refractivity contribution is -0.123. The lowest BCUT2D eigenvalue weighted by atomic mass is 9.92. The van der Waals surface area contributed by atoms with Gasteiger partial charge >= 0.3 is 0 Å². The maximum absolute atomic E-state index is 12.2. The molecule has 0 bridgehead atoms. The van der Waals surface area contributed by atoms with Gasteiger partial charge in [-0.2, -0.15) is 0 Å². The van der Waals surface area contributed by atoms with Crippen LogP contribution in [0.1, 0.15) is 44.9 Å². The van der Waals surface area contributed by atoms with Gasteiger partial charge in [0.2, 0.25) is 5.91 Å². The number of para-hydroxylation sites is 1. The number of carbonyl (C=O) groups is 1. The first-order valence-corrected chi connectivity index (χ1v) is 9.27. The summed E-state index contributed by atoms with van der Waals surface area (Å²) in [5, 5.41) is 7.65. The average molecular weight is 343 g/mol. The van der Waals surface area contributed by atoms with Crippen molar-refractivity contribution >= 4 is 16.8 Å². The molecule has 2 heterocycles. The standard InChI is InChI=1S/C20H29N3O2/c1-4-14(2)21-11-9-18(24)22-13-20(3)19-16(10-12-25-20)15-7-5-6-8-17(15)23-19/h5-8,14,21,23H,4,9-13H2,1-3H3,(H,22,24). The van der Waals surface area contributed by atoms with E-state index in [2.05, 4.69) is 54.6 Å². The van der Waals surface area contributed by atoms with Gasteiger partial charge in [0.1, 0.15) is 5.60 Å². The first-order chi connectivity index (χ1) is 12.0. The van der Waals surface area contributed by atoms with Crippen molar-refractivity contribution in [2.45, 2.75) is 51.7 Å². The highest BCUT2D eigenvalue weighted by molar-refractivity contribution is 5.85. The molecule has 1 aromatic heterocycles. The predicted molar refractivity (Wildman–Crippen MR) is 101 cm³/mol. The van der Waals surface area contributed by atoms with Crippen molar-refractivity contribution in [3.05, 3.63) is 35.5 Å². The molecule has 2 unspecified atom stereocenters. The van der Waals surface area contributed by atoms with E-state index in [1.54, 1.807) is 0 Å². The summed E-state index contributed by atoms with van der Waals surface area (Å²) in [4.78, 5) is 15.7. The SMILES string of the molecule is CCC(C)NCCC(=O)NCC1(C)OCCc2c1[nH]c1ccccc21. The van der Waals surface area contributed by atoms with E-state index in [4.69, 9.17) is 4.74 Å². The molecule has 0 saturated heterocycles. The number of hydrogen-bond donors (Lipinski definition) is 3. The first kappa shape index (κ1) is 18.0. The lowest BCUT2D eigenvalue weighted by Crippen LogP contribution is -2.44. The van der Waals surface area contributed by atoms with E-state index in [-0.39, 0.29) is 5.91 Å². The van der Waals surface area contributed by atoms with E-state index in [1.165, 1.54) is 10.9 Å². The van der Waals surface area contributed by atoms with Crippen molar-refractivity contribution in [3.8, 4) is 0 Å². The van der Waals surface area contributed by atoms with Crippen molar-refractivity contribution in [2.75, 3.05) is 19.7 Å². The fourth-order valence-corrected chi connectivity index (χ4v) is 3.43. The molecule has 0 radical (unpaired) electrons. The third-order valence-corrected chi connectivity index (χ3v) is 5.20. The van der Waals surface area contributed by atoms with Crippen LogP contribution < -0.4 is 10.6 Å². The van der Waals surface area contributed by atoms with Crippen molar-refractivity contribution in [1.82, 2.24) is 15.6 Å². The molecule has 0 fully saturated rings. The van der Waals surface area contributed by atoms with Gasteiger partial charge in [-0.25, -0.2) is 0 Å². The fourth-order valence-electron chi connectivity index (χ4n) is 3.43. The zero-order valence-electron chi connectivity index (χ0n) is 15.4. The Balaban J connectivity index is 1.64. The third kappa shape index (κ3) is 3.88. The lowest BCUT2D eigenvalue weighted by Gasteiger charge is -2.34. The molecule has 3 rings (SSSR count). The van der Waals surface area contributed by atoms with Gasteiger partial charge in [-0.3, -0.25) is 4.79 Å². The van der Waals surface area contributed by atoms with Crippen LogP contribution in [0.4, 0.5) is 0 Å². The summed E-state index contributed by atoms with van der Waals surface area (Å²) in [6.07, 6.45) is 2.46. The van der Waals surface area contributed by atoms with Gasteiger partial charge < -0.3 is 20.4 Å². The molecule has 1 amide bonds. The van der Waals surface area contributed by atoms with Gasteiger partial charge in [0.15, 0.2) is 0 Å². The van der Waals surface area contributed by atoms with E-state index in [0.29, 0.717) is 32.2 Å². The summed E-state index contributed by atoms with van der Waals surface area (Å²) in [6, 6.07) is 8.79. The zero-order chi connectivity index (χ0) is 17.9. The molecular weight excluding hydrogens is 314 g/mol. The first-order valence-electron chi connectivity index (χ1n) is 9.27. The van der Waals surface area contributed by atoms with Gasteiger partial charge in [0.25, 0.3) is 0 Å². The minimum absolute atomic E-state index is 0.0591. The van der Waals surface area contributed by atoms with Crippen LogP contribution in [0.15, 0.2) is 24.3 Å². The summed E-state index contributed by atoms with van der Waals surface area (Å²) < 4.78 is 6.07. The number of fused-ring (bicyclic) bond motifs is 3. The number of aromatic amines is 1. The van der Waals surface area contributed by atoms with E-state index in [0.717, 1.165) is 24.1 Å². The highest BCUT2D eigenvalue weighted by atomic mass is 16.5. The number of amides is 1. The van der Waals surface area contributed by atoms with E-state index in [9.17, 15) is 4.79 Å². The Bertz CT molecular complexity index is 740. The van der Waals surface area contributed by atoms with Crippen LogP contribution in [0.5, 0.6) is 0 Å². The molecule has 3 N–H and O–H groups in total. The average Bonchev–Trinajstić information content (AvgIpc) is 3.01. The van der Waals surface area contributed by atoms with Crippen LogP contribution in [-0.4, -0.2) is 36.6 Å². The second kappa shape index (κ2) is 7.58. The van der Waals surface area contributed by atoms with Crippen molar-refractivity contribution in [3.63, 3.8) is 0 Å². The van der Waals surface area contributed by atoms with Crippen LogP contribution in [0.2, 0.25) is 0 Å². The number of nitrogens with one attached hydrogen (secondary N) is 3. The molecule has 25 heavy (non-hydrogen) atoms. The molecule has 2 aromatic rings. The van der Waals surface area contributed by atoms with Crippen LogP contribution >= 0.6 is 0 Å². The van der Waals surface area contributed by atoms with Gasteiger partial charge in [-0.1, -0.05) is 25.1 Å². The largest absolute Gasteiger partial charge is 0.367 e. The molecule has 2 atom stereocenters. The van der Waals surface area contributed by atoms with Crippen molar-refractivity contribution in [2.24, 2.45) is 0 Å². The molecule has 1 aromatic carbocycles. The van der Waals surface area contributed by atoms with Crippen LogP contribution in [0.3, 0.4) is 0 Å². The molecule has 1 aliphatic heterocycles. The van der Waals surface area contributed by atoms with Gasteiger partial charge in [-0.15, -0.1) is 0 Å². The number of aromatic nitrogens is 1. The monoisotopic (exact) mass is 343 g/mol. The van der Waals surface area contributed by atoms with Gasteiger partial charge in [0.05, 0.1) is 18.8 Å². The quantitative estimate of drug-likeness (QED) is 0.724. The Morgan fingerprint density at radius 2 is 2.20 bits per heavy atom. The van der Waals surface area contributed by atoms with Crippen molar-refractivity contribution < 1.29 is 9.53 Å². The van der Waals surface area contributed by atoms with Crippen LogP contribution in [0, 0.1) is 0 Å². The minimum Gasteiger partial charge on any atom is -0.367 e. The number of rotatable bonds is 7. The van der Waals surface area contributed by atoms with Crippen molar-refractivity contribution in [1.29, 1.82) is 0 Å². The Morgan fingerprint density at radius 3 is 3.00 bits per heavy atom. The summed E-state index contributed by atoms with van der Waals surface area (Å²) in [7, 11) is 0.